The van der Waals surface area contributed by atoms with Crippen LogP contribution in [0, 0.1) is 19.8 Å². The Hall–Kier alpha value is -4.63. The predicted octanol–water partition coefficient (Wildman–Crippen LogP) is 5.92. The van der Waals surface area contributed by atoms with Crippen molar-refractivity contribution in [2.75, 3.05) is 24.5 Å². The highest BCUT2D eigenvalue weighted by Gasteiger charge is 2.35. The minimum absolute atomic E-state index is 0.0394. The van der Waals surface area contributed by atoms with Crippen LogP contribution in [-0.4, -0.2) is 51.4 Å². The van der Waals surface area contributed by atoms with Crippen molar-refractivity contribution in [1.29, 1.82) is 0 Å². The average Bonchev–Trinajstić information content (AvgIpc) is 3.04. The third kappa shape index (κ3) is 8.75. The Morgan fingerprint density at radius 2 is 1.46 bits per heavy atom. The molecule has 4 aromatic rings. The fraction of sp³-hybridized carbons (Fsp3) is 0.297. The third-order valence-corrected chi connectivity index (χ3v) is 9.41. The standard InChI is InChI=1S/C37H43N3O5S/c1-27(2)24-38-37(42)34(23-30-13-7-6-8-14-30)39(25-31-15-11-12-29(4)22-31)36(41)26-40(33-16-9-10-17-35(33)45-5)46(43,44)32-20-18-28(3)19-21-32/h6-22,27,34H,23-26H2,1-5H3,(H,38,42)/t34-/m0/s1. The molecule has 0 aliphatic rings. The molecule has 0 aliphatic heterocycles. The van der Waals surface area contributed by atoms with Crippen molar-refractivity contribution in [3.63, 3.8) is 0 Å². The summed E-state index contributed by atoms with van der Waals surface area (Å²) in [5.41, 5.74) is 3.83. The molecule has 46 heavy (non-hydrogen) atoms. The summed E-state index contributed by atoms with van der Waals surface area (Å²) in [7, 11) is -2.78. The lowest BCUT2D eigenvalue weighted by Crippen LogP contribution is -2.53. The predicted molar refractivity (Wildman–Crippen MR) is 182 cm³/mol. The molecule has 0 unspecified atom stereocenters. The largest absolute Gasteiger partial charge is 0.495 e. The molecule has 1 atom stereocenters. The number of nitrogens with one attached hydrogen (secondary N) is 1. The van der Waals surface area contributed by atoms with Gasteiger partial charge in [-0.1, -0.05) is 104 Å². The fourth-order valence-electron chi connectivity index (χ4n) is 5.17. The molecule has 242 valence electrons. The molecule has 2 amide bonds. The van der Waals surface area contributed by atoms with Crippen molar-refractivity contribution in [1.82, 2.24) is 10.2 Å². The Morgan fingerprint density at radius 1 is 0.804 bits per heavy atom. The van der Waals surface area contributed by atoms with Gasteiger partial charge in [-0.25, -0.2) is 8.42 Å². The van der Waals surface area contributed by atoms with Crippen LogP contribution in [0.15, 0.2) is 108 Å². The smallest absolute Gasteiger partial charge is 0.264 e. The number of amides is 2. The summed E-state index contributed by atoms with van der Waals surface area (Å²) in [5, 5.41) is 3.01. The first-order valence-corrected chi connectivity index (χ1v) is 16.8. The van der Waals surface area contributed by atoms with E-state index < -0.39 is 28.5 Å². The van der Waals surface area contributed by atoms with Gasteiger partial charge in [-0.15, -0.1) is 0 Å². The summed E-state index contributed by atoms with van der Waals surface area (Å²) in [4.78, 5) is 30.1. The second-order valence-electron chi connectivity index (χ2n) is 11.9. The van der Waals surface area contributed by atoms with E-state index in [1.54, 1.807) is 36.4 Å². The van der Waals surface area contributed by atoms with Crippen LogP contribution in [0.1, 0.15) is 36.1 Å². The van der Waals surface area contributed by atoms with E-state index in [0.29, 0.717) is 12.3 Å². The maximum Gasteiger partial charge on any atom is 0.264 e. The Labute approximate surface area is 273 Å². The molecular formula is C37H43N3O5S. The van der Waals surface area contributed by atoms with Crippen LogP contribution >= 0.6 is 0 Å². The number of rotatable bonds is 14. The first kappa shape index (κ1) is 34.2. The molecule has 1 N–H and O–H groups in total. The van der Waals surface area contributed by atoms with Gasteiger partial charge in [0.05, 0.1) is 17.7 Å². The van der Waals surface area contributed by atoms with E-state index in [-0.39, 0.29) is 35.4 Å². The summed E-state index contributed by atoms with van der Waals surface area (Å²) in [6.45, 7) is 7.84. The second kappa shape index (κ2) is 15.6. The number of sulfonamides is 1. The lowest BCUT2D eigenvalue weighted by Gasteiger charge is -2.34. The molecule has 4 aromatic carbocycles. The normalized spacial score (nSPS) is 12.0. The summed E-state index contributed by atoms with van der Waals surface area (Å²) in [5.74, 6) is -0.331. The first-order chi connectivity index (χ1) is 22.0. The maximum absolute atomic E-state index is 14.6. The van der Waals surface area contributed by atoms with Gasteiger partial charge in [0.2, 0.25) is 11.8 Å². The molecule has 0 heterocycles. The number of benzene rings is 4. The van der Waals surface area contributed by atoms with E-state index in [4.69, 9.17) is 4.74 Å². The molecule has 0 saturated heterocycles. The average molecular weight is 642 g/mol. The first-order valence-electron chi connectivity index (χ1n) is 15.4. The molecule has 0 bridgehead atoms. The number of ether oxygens (including phenoxy) is 1. The fourth-order valence-corrected chi connectivity index (χ4v) is 6.59. The van der Waals surface area contributed by atoms with E-state index >= 15 is 0 Å². The van der Waals surface area contributed by atoms with Crippen LogP contribution in [0.5, 0.6) is 5.75 Å². The highest BCUT2D eigenvalue weighted by Crippen LogP contribution is 2.33. The van der Waals surface area contributed by atoms with E-state index in [2.05, 4.69) is 5.32 Å². The van der Waals surface area contributed by atoms with E-state index in [9.17, 15) is 18.0 Å². The van der Waals surface area contributed by atoms with E-state index in [1.807, 2.05) is 82.3 Å². The van der Waals surface area contributed by atoms with Crippen LogP contribution in [0.25, 0.3) is 0 Å². The van der Waals surface area contributed by atoms with Gasteiger partial charge in [-0.3, -0.25) is 13.9 Å². The van der Waals surface area contributed by atoms with Gasteiger partial charge in [0.1, 0.15) is 18.3 Å². The van der Waals surface area contributed by atoms with Gasteiger partial charge in [0, 0.05) is 19.5 Å². The Kier molecular flexibility index (Phi) is 11.6. The number of carbonyl (C=O) groups excluding carboxylic acids is 2. The zero-order valence-electron chi connectivity index (χ0n) is 27.1. The molecule has 0 spiro atoms. The molecule has 0 fully saturated rings. The van der Waals surface area contributed by atoms with Gasteiger partial charge in [-0.2, -0.15) is 0 Å². The lowest BCUT2D eigenvalue weighted by atomic mass is 10.0. The van der Waals surface area contributed by atoms with Crippen LogP contribution in [0.3, 0.4) is 0 Å². The topological polar surface area (TPSA) is 96.0 Å². The Morgan fingerprint density at radius 3 is 2.11 bits per heavy atom. The van der Waals surface area contributed by atoms with Crippen molar-refractivity contribution >= 4 is 27.5 Å². The van der Waals surface area contributed by atoms with Gasteiger partial charge in [0.15, 0.2) is 0 Å². The van der Waals surface area contributed by atoms with Crippen LogP contribution < -0.4 is 14.4 Å². The number of para-hydroxylation sites is 2. The number of methoxy groups -OCH3 is 1. The van der Waals surface area contributed by atoms with Crippen molar-refractivity contribution in [2.45, 2.75) is 51.6 Å². The number of anilines is 1. The Bertz CT molecular complexity index is 1720. The SMILES string of the molecule is COc1ccccc1N(CC(=O)N(Cc1cccc(C)c1)[C@@H](Cc1ccccc1)C(=O)NCC(C)C)S(=O)(=O)c1ccc(C)cc1. The highest BCUT2D eigenvalue weighted by molar-refractivity contribution is 7.92. The summed E-state index contributed by atoms with van der Waals surface area (Å²) in [6, 6.07) is 29.5. The number of hydrogen-bond acceptors (Lipinski definition) is 5. The van der Waals surface area contributed by atoms with Crippen molar-refractivity contribution in [3.8, 4) is 5.75 Å². The zero-order valence-corrected chi connectivity index (χ0v) is 28.0. The van der Waals surface area contributed by atoms with Gasteiger partial charge < -0.3 is 15.0 Å². The summed E-state index contributed by atoms with van der Waals surface area (Å²) >= 11 is 0. The molecule has 0 radical (unpaired) electrons. The summed E-state index contributed by atoms with van der Waals surface area (Å²) in [6.07, 6.45) is 0.252. The third-order valence-electron chi connectivity index (χ3n) is 7.63. The molecule has 0 saturated carbocycles. The summed E-state index contributed by atoms with van der Waals surface area (Å²) < 4.78 is 35.2. The van der Waals surface area contributed by atoms with Crippen molar-refractivity contribution in [3.05, 3.63) is 125 Å². The molecule has 8 nitrogen and oxygen atoms in total. The highest BCUT2D eigenvalue weighted by atomic mass is 32.2. The lowest BCUT2D eigenvalue weighted by molar-refractivity contribution is -0.140. The van der Waals surface area contributed by atoms with E-state index in [0.717, 1.165) is 26.6 Å². The van der Waals surface area contributed by atoms with Gasteiger partial charge in [0.25, 0.3) is 10.0 Å². The number of aryl methyl sites for hydroxylation is 2. The molecular weight excluding hydrogens is 598 g/mol. The van der Waals surface area contributed by atoms with Gasteiger partial charge >= 0.3 is 0 Å². The van der Waals surface area contributed by atoms with E-state index in [1.165, 1.54) is 24.1 Å². The minimum atomic E-state index is -4.23. The minimum Gasteiger partial charge on any atom is -0.495 e. The Balaban J connectivity index is 1.83. The monoisotopic (exact) mass is 641 g/mol. The van der Waals surface area contributed by atoms with Gasteiger partial charge in [-0.05, 0) is 55.2 Å². The van der Waals surface area contributed by atoms with Crippen LogP contribution in [-0.2, 0) is 32.6 Å². The van der Waals surface area contributed by atoms with Crippen molar-refractivity contribution < 1.29 is 22.7 Å². The number of carbonyl (C=O) groups is 2. The molecule has 9 heteroatoms. The number of nitrogens with zero attached hydrogens (tertiary/aromatic N) is 2. The van der Waals surface area contributed by atoms with Crippen LogP contribution in [0.2, 0.25) is 0 Å². The van der Waals surface area contributed by atoms with Crippen LogP contribution in [0.4, 0.5) is 5.69 Å². The molecule has 0 aromatic heterocycles. The molecule has 0 aliphatic carbocycles. The molecule has 4 rings (SSSR count). The second-order valence-corrected chi connectivity index (χ2v) is 13.7. The maximum atomic E-state index is 14.6. The number of hydrogen-bond donors (Lipinski definition) is 1. The van der Waals surface area contributed by atoms with Crippen molar-refractivity contribution in [2.24, 2.45) is 5.92 Å². The zero-order chi connectivity index (χ0) is 33.3. The quantitative estimate of drug-likeness (QED) is 0.185.